The average molecular weight is 342 g/mol. The zero-order valence-electron chi connectivity index (χ0n) is 14.2. The Balaban J connectivity index is 1.89. The van der Waals surface area contributed by atoms with Gasteiger partial charge in [0.2, 0.25) is 0 Å². The van der Waals surface area contributed by atoms with Crippen molar-refractivity contribution >= 4 is 11.8 Å². The summed E-state index contributed by atoms with van der Waals surface area (Å²) < 4.78 is 34.8. The van der Waals surface area contributed by atoms with Crippen LogP contribution in [0.3, 0.4) is 0 Å². The van der Waals surface area contributed by atoms with Crippen LogP contribution in [0.5, 0.6) is 5.75 Å². The normalized spacial score (nSPS) is 16.2. The number of benzene rings is 1. The van der Waals surface area contributed by atoms with E-state index in [0.29, 0.717) is 31.6 Å². The number of hydrogen-bond donors (Lipinski definition) is 1. The highest BCUT2D eigenvalue weighted by Gasteiger charge is 2.27. The van der Waals surface area contributed by atoms with Crippen molar-refractivity contribution in [2.45, 2.75) is 51.9 Å². The van der Waals surface area contributed by atoms with Gasteiger partial charge in [0.15, 0.2) is 0 Å². The molecule has 7 heteroatoms. The molecule has 0 unspecified atom stereocenters. The van der Waals surface area contributed by atoms with Crippen molar-refractivity contribution < 1.29 is 23.0 Å². The highest BCUT2D eigenvalue weighted by molar-refractivity contribution is 5.68. The lowest BCUT2D eigenvalue weighted by molar-refractivity contribution is -0.0494. The minimum Gasteiger partial charge on any atom is -0.444 e. The number of alkyl halides is 2. The molecule has 1 saturated heterocycles. The molecule has 1 aliphatic heterocycles. The quantitative estimate of drug-likeness (QED) is 0.895. The summed E-state index contributed by atoms with van der Waals surface area (Å²) in [6.45, 7) is 3.76. The zero-order chi connectivity index (χ0) is 17.7. The molecule has 1 aliphatic rings. The first kappa shape index (κ1) is 18.3. The standard InChI is InChI=1S/C17H24F2N2O3/c1-17(2,3)24-16(22)21-10-8-12(9-11-21)20-13-6-4-5-7-14(13)23-15(18)19/h4-7,12,15,20H,8-11H2,1-3H3. The number of carbonyl (C=O) groups excluding carboxylic acids is 1. The molecule has 1 amide bonds. The molecule has 1 aromatic rings. The van der Waals surface area contributed by atoms with Gasteiger partial charge in [0.1, 0.15) is 11.4 Å². The number of nitrogens with one attached hydrogen (secondary N) is 1. The molecule has 5 nitrogen and oxygen atoms in total. The summed E-state index contributed by atoms with van der Waals surface area (Å²) in [5.41, 5.74) is 0.0195. The van der Waals surface area contributed by atoms with Crippen LogP contribution in [0.25, 0.3) is 0 Å². The Morgan fingerprint density at radius 3 is 2.46 bits per heavy atom. The molecular formula is C17H24F2N2O3. The SMILES string of the molecule is CC(C)(C)OC(=O)N1CCC(Nc2ccccc2OC(F)F)CC1. The van der Waals surface area contributed by atoms with E-state index >= 15 is 0 Å². The van der Waals surface area contributed by atoms with Crippen molar-refractivity contribution in [3.8, 4) is 5.75 Å². The van der Waals surface area contributed by atoms with E-state index in [1.54, 1.807) is 23.1 Å². The number of nitrogens with zero attached hydrogens (tertiary/aromatic N) is 1. The maximum Gasteiger partial charge on any atom is 0.410 e. The number of para-hydroxylation sites is 2. The van der Waals surface area contributed by atoms with Crippen LogP contribution in [0.1, 0.15) is 33.6 Å². The molecule has 24 heavy (non-hydrogen) atoms. The molecule has 0 atom stereocenters. The maximum atomic E-state index is 12.4. The van der Waals surface area contributed by atoms with Gasteiger partial charge in [-0.15, -0.1) is 0 Å². The summed E-state index contributed by atoms with van der Waals surface area (Å²) in [7, 11) is 0. The Labute approximate surface area is 140 Å². The molecule has 0 radical (unpaired) electrons. The van der Waals surface area contributed by atoms with Crippen LogP contribution in [-0.2, 0) is 4.74 Å². The van der Waals surface area contributed by atoms with E-state index in [1.807, 2.05) is 20.8 Å². The summed E-state index contributed by atoms with van der Waals surface area (Å²) >= 11 is 0. The van der Waals surface area contributed by atoms with Gasteiger partial charge in [-0.2, -0.15) is 8.78 Å². The Bertz CT molecular complexity index is 553. The lowest BCUT2D eigenvalue weighted by Crippen LogP contribution is -2.44. The van der Waals surface area contributed by atoms with Crippen LogP contribution in [-0.4, -0.2) is 42.3 Å². The highest BCUT2D eigenvalue weighted by Crippen LogP contribution is 2.28. The number of ether oxygens (including phenoxy) is 2. The fourth-order valence-electron chi connectivity index (χ4n) is 2.54. The lowest BCUT2D eigenvalue weighted by atomic mass is 10.0. The molecule has 1 fully saturated rings. The second-order valence-corrected chi connectivity index (χ2v) is 6.76. The number of hydrogen-bond acceptors (Lipinski definition) is 4. The topological polar surface area (TPSA) is 50.8 Å². The van der Waals surface area contributed by atoms with Gasteiger partial charge in [0, 0.05) is 19.1 Å². The first-order chi connectivity index (χ1) is 11.2. The van der Waals surface area contributed by atoms with Crippen molar-refractivity contribution in [1.29, 1.82) is 0 Å². The van der Waals surface area contributed by atoms with Crippen molar-refractivity contribution in [2.24, 2.45) is 0 Å². The van der Waals surface area contributed by atoms with Crippen molar-refractivity contribution in [3.63, 3.8) is 0 Å². The van der Waals surface area contributed by atoms with Crippen LogP contribution in [0, 0.1) is 0 Å². The minimum absolute atomic E-state index is 0.0890. The van der Waals surface area contributed by atoms with Gasteiger partial charge >= 0.3 is 12.7 Å². The molecule has 1 heterocycles. The Kier molecular flexibility index (Phi) is 5.85. The number of carbonyl (C=O) groups is 1. The summed E-state index contributed by atoms with van der Waals surface area (Å²) in [4.78, 5) is 13.7. The first-order valence-corrected chi connectivity index (χ1v) is 8.03. The van der Waals surface area contributed by atoms with Gasteiger partial charge in [0.05, 0.1) is 5.69 Å². The Morgan fingerprint density at radius 2 is 1.88 bits per heavy atom. The molecule has 0 bridgehead atoms. The van der Waals surface area contributed by atoms with Crippen LogP contribution in [0.15, 0.2) is 24.3 Å². The molecule has 0 spiro atoms. The molecule has 0 aliphatic carbocycles. The van der Waals surface area contributed by atoms with Gasteiger partial charge < -0.3 is 19.7 Å². The molecule has 134 valence electrons. The third-order valence-corrected chi connectivity index (χ3v) is 3.61. The fraction of sp³-hybridized carbons (Fsp3) is 0.588. The summed E-state index contributed by atoms with van der Waals surface area (Å²) in [6.07, 6.45) is 1.10. The van der Waals surface area contributed by atoms with Crippen LogP contribution < -0.4 is 10.1 Å². The summed E-state index contributed by atoms with van der Waals surface area (Å²) in [6, 6.07) is 6.71. The molecule has 1 N–H and O–H groups in total. The third-order valence-electron chi connectivity index (χ3n) is 3.61. The lowest BCUT2D eigenvalue weighted by Gasteiger charge is -2.34. The number of rotatable bonds is 4. The Hall–Kier alpha value is -2.05. The van der Waals surface area contributed by atoms with E-state index in [4.69, 9.17) is 4.74 Å². The van der Waals surface area contributed by atoms with E-state index in [2.05, 4.69) is 10.1 Å². The van der Waals surface area contributed by atoms with E-state index in [0.717, 1.165) is 0 Å². The van der Waals surface area contributed by atoms with Gasteiger partial charge in [-0.05, 0) is 45.7 Å². The molecule has 2 rings (SSSR count). The zero-order valence-corrected chi connectivity index (χ0v) is 14.2. The van der Waals surface area contributed by atoms with Gasteiger partial charge in [-0.25, -0.2) is 4.79 Å². The predicted molar refractivity (Wildman–Crippen MR) is 87.5 cm³/mol. The fourth-order valence-corrected chi connectivity index (χ4v) is 2.54. The Morgan fingerprint density at radius 1 is 1.25 bits per heavy atom. The smallest absolute Gasteiger partial charge is 0.410 e. The second kappa shape index (κ2) is 7.68. The minimum atomic E-state index is -2.86. The number of halogens is 2. The molecular weight excluding hydrogens is 318 g/mol. The molecule has 1 aromatic carbocycles. The molecule has 0 saturated carbocycles. The number of likely N-dealkylation sites (tertiary alicyclic amines) is 1. The maximum absolute atomic E-state index is 12.4. The van der Waals surface area contributed by atoms with Gasteiger partial charge in [-0.3, -0.25) is 0 Å². The monoisotopic (exact) mass is 342 g/mol. The van der Waals surface area contributed by atoms with Gasteiger partial charge in [-0.1, -0.05) is 12.1 Å². The number of amides is 1. The van der Waals surface area contributed by atoms with E-state index in [9.17, 15) is 13.6 Å². The summed E-state index contributed by atoms with van der Waals surface area (Å²) in [5.74, 6) is 0.127. The second-order valence-electron chi connectivity index (χ2n) is 6.76. The van der Waals surface area contributed by atoms with Crippen LogP contribution in [0.4, 0.5) is 19.3 Å². The third kappa shape index (κ3) is 5.54. The van der Waals surface area contributed by atoms with Crippen molar-refractivity contribution in [3.05, 3.63) is 24.3 Å². The summed E-state index contributed by atoms with van der Waals surface area (Å²) in [5, 5.41) is 3.23. The number of anilines is 1. The van der Waals surface area contributed by atoms with E-state index < -0.39 is 12.2 Å². The first-order valence-electron chi connectivity index (χ1n) is 8.03. The van der Waals surface area contributed by atoms with E-state index in [-0.39, 0.29) is 17.9 Å². The predicted octanol–water partition coefficient (Wildman–Crippen LogP) is 4.10. The van der Waals surface area contributed by atoms with Crippen LogP contribution >= 0.6 is 0 Å². The van der Waals surface area contributed by atoms with Crippen LogP contribution in [0.2, 0.25) is 0 Å². The average Bonchev–Trinajstić information content (AvgIpc) is 2.48. The van der Waals surface area contributed by atoms with Crippen molar-refractivity contribution in [2.75, 3.05) is 18.4 Å². The number of piperidine rings is 1. The largest absolute Gasteiger partial charge is 0.444 e. The molecule has 0 aromatic heterocycles. The van der Waals surface area contributed by atoms with Crippen molar-refractivity contribution in [1.82, 2.24) is 4.90 Å². The highest BCUT2D eigenvalue weighted by atomic mass is 19.3. The van der Waals surface area contributed by atoms with Gasteiger partial charge in [0.25, 0.3) is 0 Å². The van der Waals surface area contributed by atoms with E-state index in [1.165, 1.54) is 6.07 Å².